The van der Waals surface area contributed by atoms with Crippen molar-refractivity contribution in [1.82, 2.24) is 15.1 Å². The van der Waals surface area contributed by atoms with E-state index in [0.717, 1.165) is 4.79 Å². The molecular weight excluding hydrogens is 264 g/mol. The summed E-state index contributed by atoms with van der Waals surface area (Å²) < 4.78 is 0. The van der Waals surface area contributed by atoms with Crippen LogP contribution in [0.2, 0.25) is 0 Å². The highest BCUT2D eigenvalue weighted by molar-refractivity contribution is 7.12. The van der Waals surface area contributed by atoms with Gasteiger partial charge in [-0.2, -0.15) is 0 Å². The summed E-state index contributed by atoms with van der Waals surface area (Å²) in [5.74, 6) is -0.387. The van der Waals surface area contributed by atoms with E-state index in [1.54, 1.807) is 41.8 Å². The van der Waals surface area contributed by atoms with E-state index in [1.165, 1.54) is 11.3 Å². The Morgan fingerprint density at radius 1 is 1.21 bits per heavy atom. The molecule has 7 heteroatoms. The van der Waals surface area contributed by atoms with Gasteiger partial charge in [-0.1, -0.05) is 18.2 Å². The van der Waals surface area contributed by atoms with Crippen molar-refractivity contribution in [2.75, 3.05) is 5.43 Å². The fourth-order valence-corrected chi connectivity index (χ4v) is 2.24. The van der Waals surface area contributed by atoms with Gasteiger partial charge in [0.15, 0.2) is 0 Å². The largest absolute Gasteiger partial charge is 0.297 e. The predicted octanol–water partition coefficient (Wildman–Crippen LogP) is 1.24. The fraction of sp³-hybridized carbons (Fsp3) is 0. The third kappa shape index (κ3) is 2.11. The molecular formula is C12H8N4O2S. The third-order valence-corrected chi connectivity index (χ3v) is 3.39. The topological polar surface area (TPSA) is 76.9 Å². The van der Waals surface area contributed by atoms with Crippen LogP contribution >= 0.6 is 11.3 Å². The van der Waals surface area contributed by atoms with E-state index in [4.69, 9.17) is 0 Å². The van der Waals surface area contributed by atoms with Crippen LogP contribution in [0.3, 0.4) is 0 Å². The second kappa shape index (κ2) is 4.62. The minimum absolute atomic E-state index is 0.387. The van der Waals surface area contributed by atoms with E-state index in [1.807, 2.05) is 0 Å². The van der Waals surface area contributed by atoms with Gasteiger partial charge >= 0.3 is 0 Å². The van der Waals surface area contributed by atoms with Gasteiger partial charge in [-0.3, -0.25) is 9.59 Å². The average molecular weight is 272 g/mol. The maximum Gasteiger partial charge on any atom is 0.297 e. The third-order valence-electron chi connectivity index (χ3n) is 2.52. The molecule has 6 nitrogen and oxygen atoms in total. The number of hydrogen-bond donors (Lipinski definition) is 1. The second-order valence-electron chi connectivity index (χ2n) is 3.74. The number of thiophene rings is 1. The SMILES string of the molecule is O=C(Nn1nnc2ccccc2c1=O)c1cccs1. The van der Waals surface area contributed by atoms with E-state index < -0.39 is 5.56 Å². The van der Waals surface area contributed by atoms with Crippen LogP contribution in [0.25, 0.3) is 10.9 Å². The molecule has 3 rings (SSSR count). The van der Waals surface area contributed by atoms with Gasteiger partial charge in [-0.05, 0) is 28.8 Å². The zero-order valence-electron chi connectivity index (χ0n) is 9.61. The van der Waals surface area contributed by atoms with E-state index >= 15 is 0 Å². The maximum absolute atomic E-state index is 12.1. The van der Waals surface area contributed by atoms with Crippen LogP contribution in [0.15, 0.2) is 46.6 Å². The summed E-state index contributed by atoms with van der Waals surface area (Å²) >= 11 is 1.28. The van der Waals surface area contributed by atoms with Crippen LogP contribution in [0.1, 0.15) is 9.67 Å². The van der Waals surface area contributed by atoms with Crippen molar-refractivity contribution in [3.05, 3.63) is 57.0 Å². The molecule has 0 aliphatic heterocycles. The summed E-state index contributed by atoms with van der Waals surface area (Å²) in [5.41, 5.74) is 2.49. The zero-order valence-corrected chi connectivity index (χ0v) is 10.4. The first kappa shape index (κ1) is 11.5. The second-order valence-corrected chi connectivity index (χ2v) is 4.69. The Hall–Kier alpha value is -2.54. The van der Waals surface area contributed by atoms with Crippen LogP contribution in [0.4, 0.5) is 0 Å². The number of nitrogens with zero attached hydrogens (tertiary/aromatic N) is 3. The van der Waals surface area contributed by atoms with Crippen molar-refractivity contribution < 1.29 is 4.79 Å². The monoisotopic (exact) mass is 272 g/mol. The molecule has 94 valence electrons. The number of hydrogen-bond acceptors (Lipinski definition) is 5. The predicted molar refractivity (Wildman–Crippen MR) is 71.8 cm³/mol. The summed E-state index contributed by atoms with van der Waals surface area (Å²) in [7, 11) is 0. The molecule has 0 atom stereocenters. The maximum atomic E-state index is 12.1. The number of aromatic nitrogens is 3. The number of carbonyl (C=O) groups is 1. The van der Waals surface area contributed by atoms with Crippen molar-refractivity contribution in [2.45, 2.75) is 0 Å². The minimum atomic E-state index is -0.407. The lowest BCUT2D eigenvalue weighted by Gasteiger charge is -2.05. The molecule has 2 aromatic heterocycles. The number of benzene rings is 1. The summed E-state index contributed by atoms with van der Waals surface area (Å²) in [6.07, 6.45) is 0. The average Bonchev–Trinajstić information content (AvgIpc) is 2.96. The van der Waals surface area contributed by atoms with Crippen LogP contribution in [0, 0.1) is 0 Å². The first-order chi connectivity index (χ1) is 9.25. The van der Waals surface area contributed by atoms with Gasteiger partial charge in [0.25, 0.3) is 11.5 Å². The molecule has 2 heterocycles. The highest BCUT2D eigenvalue weighted by Crippen LogP contribution is 2.08. The van der Waals surface area contributed by atoms with Crippen LogP contribution in [-0.2, 0) is 0 Å². The van der Waals surface area contributed by atoms with Gasteiger partial charge < -0.3 is 0 Å². The first-order valence-electron chi connectivity index (χ1n) is 5.45. The molecule has 0 saturated heterocycles. The number of amides is 1. The molecule has 1 amide bonds. The van der Waals surface area contributed by atoms with Gasteiger partial charge in [-0.15, -0.1) is 21.2 Å². The number of fused-ring (bicyclic) bond motifs is 1. The lowest BCUT2D eigenvalue weighted by molar-refractivity contribution is 0.101. The minimum Gasteiger partial charge on any atom is -0.266 e. The summed E-state index contributed by atoms with van der Waals surface area (Å²) in [6.45, 7) is 0. The number of rotatable bonds is 2. The van der Waals surface area contributed by atoms with Gasteiger partial charge in [0, 0.05) is 0 Å². The molecule has 0 saturated carbocycles. The van der Waals surface area contributed by atoms with Crippen molar-refractivity contribution in [2.24, 2.45) is 0 Å². The standard InChI is InChI=1S/C12H8N4O2S/c17-11(10-6-3-7-19-10)14-16-12(18)8-4-1-2-5-9(8)13-15-16/h1-7H,(H,14,17). The Labute approximate surface area is 111 Å². The smallest absolute Gasteiger partial charge is 0.266 e. The van der Waals surface area contributed by atoms with Crippen molar-refractivity contribution in [3.8, 4) is 0 Å². The summed E-state index contributed by atoms with van der Waals surface area (Å²) in [4.78, 5) is 25.3. The van der Waals surface area contributed by atoms with Crippen LogP contribution in [0.5, 0.6) is 0 Å². The Balaban J connectivity index is 2.00. The van der Waals surface area contributed by atoms with Gasteiger partial charge in [0.1, 0.15) is 5.52 Å². The lowest BCUT2D eigenvalue weighted by Crippen LogP contribution is -2.35. The van der Waals surface area contributed by atoms with Crippen molar-refractivity contribution in [3.63, 3.8) is 0 Å². The lowest BCUT2D eigenvalue weighted by atomic mass is 10.2. The first-order valence-corrected chi connectivity index (χ1v) is 6.33. The molecule has 0 spiro atoms. The molecule has 0 aliphatic rings. The van der Waals surface area contributed by atoms with Gasteiger partial charge in [-0.25, -0.2) is 5.43 Å². The fourth-order valence-electron chi connectivity index (χ4n) is 1.62. The molecule has 1 aromatic carbocycles. The highest BCUT2D eigenvalue weighted by Gasteiger charge is 2.10. The normalized spacial score (nSPS) is 10.5. The van der Waals surface area contributed by atoms with Crippen LogP contribution in [-0.4, -0.2) is 21.0 Å². The number of nitrogens with one attached hydrogen (secondary N) is 1. The Bertz CT molecular complexity index is 795. The van der Waals surface area contributed by atoms with E-state index in [2.05, 4.69) is 15.7 Å². The van der Waals surface area contributed by atoms with E-state index in [0.29, 0.717) is 15.8 Å². The Morgan fingerprint density at radius 3 is 2.84 bits per heavy atom. The molecule has 0 unspecified atom stereocenters. The molecule has 0 aliphatic carbocycles. The van der Waals surface area contributed by atoms with Gasteiger partial charge in [0.05, 0.1) is 10.3 Å². The molecule has 1 N–H and O–H groups in total. The van der Waals surface area contributed by atoms with Crippen LogP contribution < -0.4 is 11.0 Å². The molecule has 0 fully saturated rings. The molecule has 0 radical (unpaired) electrons. The number of carbonyl (C=O) groups excluding carboxylic acids is 1. The summed E-state index contributed by atoms with van der Waals surface area (Å²) in [6, 6.07) is 10.3. The Kier molecular flexibility index (Phi) is 2.81. The van der Waals surface area contributed by atoms with Crippen molar-refractivity contribution >= 4 is 28.1 Å². The van der Waals surface area contributed by atoms with Crippen molar-refractivity contribution in [1.29, 1.82) is 0 Å². The summed E-state index contributed by atoms with van der Waals surface area (Å²) in [5, 5.41) is 9.75. The van der Waals surface area contributed by atoms with E-state index in [-0.39, 0.29) is 5.91 Å². The highest BCUT2D eigenvalue weighted by atomic mass is 32.1. The van der Waals surface area contributed by atoms with Gasteiger partial charge in [0.2, 0.25) is 0 Å². The van der Waals surface area contributed by atoms with E-state index in [9.17, 15) is 9.59 Å². The molecule has 0 bridgehead atoms. The quantitative estimate of drug-likeness (QED) is 0.761. The zero-order chi connectivity index (χ0) is 13.2. The molecule has 19 heavy (non-hydrogen) atoms. The molecule has 3 aromatic rings. The Morgan fingerprint density at radius 2 is 2.05 bits per heavy atom.